The predicted octanol–water partition coefficient (Wildman–Crippen LogP) is 3.07. The Kier molecular flexibility index (Phi) is 5.94. The zero-order valence-corrected chi connectivity index (χ0v) is 12.7. The molecule has 1 aromatic rings. The van der Waals surface area contributed by atoms with Crippen molar-refractivity contribution in [1.29, 1.82) is 0 Å². The molecular formula is C13H16BrFN2O3. The maximum atomic E-state index is 13.3. The molecule has 0 fully saturated rings. The van der Waals surface area contributed by atoms with Crippen LogP contribution < -0.4 is 10.6 Å². The molecule has 1 rings (SSSR count). The van der Waals surface area contributed by atoms with Crippen LogP contribution in [0.3, 0.4) is 0 Å². The number of urea groups is 1. The highest BCUT2D eigenvalue weighted by Gasteiger charge is 2.21. The van der Waals surface area contributed by atoms with Gasteiger partial charge in [-0.3, -0.25) is 4.79 Å². The lowest BCUT2D eigenvalue weighted by Gasteiger charge is -2.17. The molecule has 1 aromatic carbocycles. The summed E-state index contributed by atoms with van der Waals surface area (Å²) in [6, 6.07) is 3.60. The Morgan fingerprint density at radius 2 is 2.05 bits per heavy atom. The van der Waals surface area contributed by atoms with Gasteiger partial charge in [0, 0.05) is 12.2 Å². The minimum Gasteiger partial charge on any atom is -0.481 e. The average Bonchev–Trinajstić information content (AvgIpc) is 2.33. The van der Waals surface area contributed by atoms with Crippen LogP contribution >= 0.6 is 15.9 Å². The number of hydrogen-bond acceptors (Lipinski definition) is 2. The number of carbonyl (C=O) groups excluding carboxylic acids is 1. The Balaban J connectivity index is 2.55. The second-order valence-electron chi connectivity index (χ2n) is 4.65. The van der Waals surface area contributed by atoms with E-state index in [4.69, 9.17) is 5.11 Å². The molecule has 5 nitrogen and oxygen atoms in total. The summed E-state index contributed by atoms with van der Waals surface area (Å²) in [5.74, 6) is -2.22. The van der Waals surface area contributed by atoms with Crippen LogP contribution in [-0.4, -0.2) is 23.7 Å². The number of halogens is 2. The van der Waals surface area contributed by atoms with E-state index in [-0.39, 0.29) is 12.5 Å². The molecule has 1 atom stereocenters. The van der Waals surface area contributed by atoms with Crippen LogP contribution in [0.2, 0.25) is 0 Å². The van der Waals surface area contributed by atoms with Gasteiger partial charge in [-0.25, -0.2) is 9.18 Å². The highest BCUT2D eigenvalue weighted by atomic mass is 79.9. The zero-order valence-electron chi connectivity index (χ0n) is 11.1. The van der Waals surface area contributed by atoms with E-state index < -0.39 is 23.7 Å². The van der Waals surface area contributed by atoms with E-state index in [1.165, 1.54) is 18.2 Å². The summed E-state index contributed by atoms with van der Waals surface area (Å²) in [5, 5.41) is 13.9. The molecule has 0 aliphatic carbocycles. The first-order valence-corrected chi connectivity index (χ1v) is 6.83. The lowest BCUT2D eigenvalue weighted by molar-refractivity contribution is -0.142. The normalized spacial score (nSPS) is 12.1. The third-order valence-corrected chi connectivity index (χ3v) is 3.43. The smallest absolute Gasteiger partial charge is 0.319 e. The lowest BCUT2D eigenvalue weighted by Crippen LogP contribution is -2.37. The third kappa shape index (κ3) is 4.80. The second-order valence-corrected chi connectivity index (χ2v) is 5.51. The largest absolute Gasteiger partial charge is 0.481 e. The summed E-state index contributed by atoms with van der Waals surface area (Å²) in [6.45, 7) is 3.54. The third-order valence-electron chi connectivity index (χ3n) is 2.78. The first-order valence-electron chi connectivity index (χ1n) is 6.04. The van der Waals surface area contributed by atoms with Crippen LogP contribution in [0.25, 0.3) is 0 Å². The van der Waals surface area contributed by atoms with E-state index in [0.29, 0.717) is 10.2 Å². The van der Waals surface area contributed by atoms with Gasteiger partial charge in [0.15, 0.2) is 0 Å². The Morgan fingerprint density at radius 3 is 2.55 bits per heavy atom. The van der Waals surface area contributed by atoms with Crippen molar-refractivity contribution in [1.82, 2.24) is 5.32 Å². The number of hydrogen-bond donors (Lipinski definition) is 3. The fourth-order valence-corrected chi connectivity index (χ4v) is 1.81. The molecule has 0 aliphatic rings. The Hall–Kier alpha value is -1.63. The summed E-state index contributed by atoms with van der Waals surface area (Å²) in [5.41, 5.74) is 0.291. The van der Waals surface area contributed by atoms with Gasteiger partial charge in [-0.2, -0.15) is 0 Å². The number of carbonyl (C=O) groups is 2. The number of aliphatic carboxylic acids is 1. The Bertz CT molecular complexity index is 508. The van der Waals surface area contributed by atoms with E-state index in [0.717, 1.165) is 0 Å². The van der Waals surface area contributed by atoms with Crippen molar-refractivity contribution in [3.05, 3.63) is 28.5 Å². The molecule has 3 N–H and O–H groups in total. The molecule has 110 valence electrons. The standard InChI is InChI=1S/C13H16BrFN2O3/c1-7(2)9(12(18)19)6-16-13(20)17-8-3-4-10(14)11(15)5-8/h3-5,7,9H,6H2,1-2H3,(H,18,19)(H2,16,17,20). The summed E-state index contributed by atoms with van der Waals surface area (Å²) in [7, 11) is 0. The molecule has 7 heteroatoms. The molecule has 0 saturated carbocycles. The minimum atomic E-state index is -0.963. The highest BCUT2D eigenvalue weighted by Crippen LogP contribution is 2.19. The maximum absolute atomic E-state index is 13.3. The van der Waals surface area contributed by atoms with Crippen molar-refractivity contribution < 1.29 is 19.1 Å². The van der Waals surface area contributed by atoms with Gasteiger partial charge in [0.05, 0.1) is 10.4 Å². The number of anilines is 1. The van der Waals surface area contributed by atoms with Crippen LogP contribution in [-0.2, 0) is 4.79 Å². The number of amides is 2. The molecule has 0 aromatic heterocycles. The van der Waals surface area contributed by atoms with Crippen LogP contribution in [0.15, 0.2) is 22.7 Å². The molecular weight excluding hydrogens is 331 g/mol. The fourth-order valence-electron chi connectivity index (χ4n) is 1.56. The van der Waals surface area contributed by atoms with Crippen molar-refractivity contribution in [2.45, 2.75) is 13.8 Å². The quantitative estimate of drug-likeness (QED) is 0.766. The van der Waals surface area contributed by atoms with Crippen molar-refractivity contribution >= 4 is 33.6 Å². The van der Waals surface area contributed by atoms with Crippen molar-refractivity contribution in [3.8, 4) is 0 Å². The van der Waals surface area contributed by atoms with E-state index >= 15 is 0 Å². The first-order chi connectivity index (χ1) is 9.31. The van der Waals surface area contributed by atoms with E-state index in [9.17, 15) is 14.0 Å². The van der Waals surface area contributed by atoms with Gasteiger partial charge >= 0.3 is 12.0 Å². The topological polar surface area (TPSA) is 78.4 Å². The summed E-state index contributed by atoms with van der Waals surface area (Å²) in [6.07, 6.45) is 0. The van der Waals surface area contributed by atoms with Gasteiger partial charge < -0.3 is 15.7 Å². The summed E-state index contributed by atoms with van der Waals surface area (Å²) >= 11 is 3.01. The van der Waals surface area contributed by atoms with E-state index in [1.807, 2.05) is 0 Å². The van der Waals surface area contributed by atoms with Gasteiger partial charge in [0.25, 0.3) is 0 Å². The molecule has 0 spiro atoms. The van der Waals surface area contributed by atoms with Crippen LogP contribution in [0.4, 0.5) is 14.9 Å². The molecule has 1 unspecified atom stereocenters. The molecule has 2 amide bonds. The summed E-state index contributed by atoms with van der Waals surface area (Å²) < 4.78 is 13.6. The van der Waals surface area contributed by atoms with E-state index in [1.54, 1.807) is 13.8 Å². The molecule has 0 bridgehead atoms. The SMILES string of the molecule is CC(C)C(CNC(=O)Nc1ccc(Br)c(F)c1)C(=O)O. The predicted molar refractivity (Wildman–Crippen MR) is 77.1 cm³/mol. The Labute approximate surface area is 124 Å². The maximum Gasteiger partial charge on any atom is 0.319 e. The van der Waals surface area contributed by atoms with Crippen LogP contribution in [0.5, 0.6) is 0 Å². The van der Waals surface area contributed by atoms with E-state index in [2.05, 4.69) is 26.6 Å². The van der Waals surface area contributed by atoms with Crippen LogP contribution in [0, 0.1) is 17.7 Å². The number of carboxylic acid groups (broad SMARTS) is 1. The lowest BCUT2D eigenvalue weighted by atomic mass is 9.96. The molecule has 0 saturated heterocycles. The molecule has 0 heterocycles. The van der Waals surface area contributed by atoms with Crippen molar-refractivity contribution in [3.63, 3.8) is 0 Å². The first kappa shape index (κ1) is 16.4. The second kappa shape index (κ2) is 7.23. The zero-order chi connectivity index (χ0) is 15.3. The van der Waals surface area contributed by atoms with Crippen molar-refractivity contribution in [2.75, 3.05) is 11.9 Å². The Morgan fingerprint density at radius 1 is 1.40 bits per heavy atom. The monoisotopic (exact) mass is 346 g/mol. The van der Waals surface area contributed by atoms with Gasteiger partial charge in [-0.05, 0) is 40.0 Å². The molecule has 20 heavy (non-hydrogen) atoms. The minimum absolute atomic E-state index is 0.0117. The number of rotatable bonds is 5. The summed E-state index contributed by atoms with van der Waals surface area (Å²) in [4.78, 5) is 22.6. The fraction of sp³-hybridized carbons (Fsp3) is 0.385. The van der Waals surface area contributed by atoms with Crippen LogP contribution in [0.1, 0.15) is 13.8 Å². The average molecular weight is 347 g/mol. The van der Waals surface area contributed by atoms with Gasteiger partial charge in [-0.15, -0.1) is 0 Å². The number of benzene rings is 1. The van der Waals surface area contributed by atoms with Gasteiger partial charge in [-0.1, -0.05) is 13.8 Å². The number of carboxylic acids is 1. The molecule has 0 aliphatic heterocycles. The van der Waals surface area contributed by atoms with Gasteiger partial charge in [0.1, 0.15) is 5.82 Å². The van der Waals surface area contributed by atoms with Gasteiger partial charge in [0.2, 0.25) is 0 Å². The number of nitrogens with one attached hydrogen (secondary N) is 2. The highest BCUT2D eigenvalue weighted by molar-refractivity contribution is 9.10. The molecule has 0 radical (unpaired) electrons. The van der Waals surface area contributed by atoms with Crippen molar-refractivity contribution in [2.24, 2.45) is 11.8 Å².